The van der Waals surface area contributed by atoms with Crippen molar-refractivity contribution in [3.63, 3.8) is 0 Å². The summed E-state index contributed by atoms with van der Waals surface area (Å²) in [6.07, 6.45) is 0. The van der Waals surface area contributed by atoms with Gasteiger partial charge in [-0.05, 0) is 29.8 Å². The first-order valence-electron chi connectivity index (χ1n) is 3.74. The van der Waals surface area contributed by atoms with E-state index in [2.05, 4.69) is 5.16 Å². The van der Waals surface area contributed by atoms with E-state index in [1.165, 1.54) is 0 Å². The van der Waals surface area contributed by atoms with E-state index < -0.39 is 0 Å². The summed E-state index contributed by atoms with van der Waals surface area (Å²) >= 11 is 17.3. The van der Waals surface area contributed by atoms with Gasteiger partial charge in [-0.2, -0.15) is 0 Å². The molecular weight excluding hydrogens is 244 g/mol. The fraction of sp³-hybridized carbons (Fsp3) is 0. The lowest BCUT2D eigenvalue weighted by molar-refractivity contribution is 0.424. The van der Waals surface area contributed by atoms with E-state index in [0.29, 0.717) is 15.7 Å². The molecule has 0 N–H and O–H groups in total. The maximum Gasteiger partial charge on any atom is 0.226 e. The zero-order valence-electron chi connectivity index (χ0n) is 6.80. The minimum atomic E-state index is 0.228. The Bertz CT molecular complexity index is 467. The summed E-state index contributed by atoms with van der Waals surface area (Å²) in [5.74, 6) is 0. The van der Waals surface area contributed by atoms with Crippen molar-refractivity contribution in [1.29, 1.82) is 0 Å². The highest BCUT2D eigenvalue weighted by Crippen LogP contribution is 2.30. The number of halogens is 3. The molecule has 0 aliphatic heterocycles. The van der Waals surface area contributed by atoms with Crippen molar-refractivity contribution < 1.29 is 4.52 Å². The Morgan fingerprint density at radius 1 is 1.07 bits per heavy atom. The highest BCUT2D eigenvalue weighted by atomic mass is 35.5. The summed E-state index contributed by atoms with van der Waals surface area (Å²) in [6.45, 7) is 0. The zero-order valence-corrected chi connectivity index (χ0v) is 9.07. The van der Waals surface area contributed by atoms with Crippen molar-refractivity contribution in [3.8, 4) is 11.3 Å². The van der Waals surface area contributed by atoms with Crippen LogP contribution in [0.1, 0.15) is 0 Å². The van der Waals surface area contributed by atoms with Crippen LogP contribution >= 0.6 is 34.8 Å². The molecule has 0 radical (unpaired) electrons. The lowest BCUT2D eigenvalue weighted by Crippen LogP contribution is -1.78. The molecule has 0 fully saturated rings. The number of hydrogen-bond acceptors (Lipinski definition) is 2. The first-order chi connectivity index (χ1) is 6.66. The van der Waals surface area contributed by atoms with Crippen LogP contribution in [-0.4, -0.2) is 5.16 Å². The molecule has 14 heavy (non-hydrogen) atoms. The molecule has 0 saturated carbocycles. The van der Waals surface area contributed by atoms with Crippen LogP contribution in [0, 0.1) is 0 Å². The molecule has 5 heteroatoms. The number of aromatic nitrogens is 1. The minimum absolute atomic E-state index is 0.228. The van der Waals surface area contributed by atoms with Crippen LogP contribution in [0.3, 0.4) is 0 Å². The number of nitrogens with zero attached hydrogens (tertiary/aromatic N) is 1. The largest absolute Gasteiger partial charge is 0.344 e. The second kappa shape index (κ2) is 3.81. The van der Waals surface area contributed by atoms with Crippen LogP contribution in [0.4, 0.5) is 0 Å². The molecule has 0 atom stereocenters. The second-order valence-corrected chi connectivity index (χ2v) is 3.86. The average Bonchev–Trinajstić information content (AvgIpc) is 2.51. The standard InChI is InChI=1S/C9H4Cl3NO/c10-5-1-2-6(7(11)3-5)8-4-9(12)14-13-8/h1-4H. The van der Waals surface area contributed by atoms with Crippen LogP contribution in [0.25, 0.3) is 11.3 Å². The van der Waals surface area contributed by atoms with Gasteiger partial charge in [0, 0.05) is 16.7 Å². The zero-order chi connectivity index (χ0) is 10.1. The van der Waals surface area contributed by atoms with Crippen molar-refractivity contribution in [2.75, 3.05) is 0 Å². The van der Waals surface area contributed by atoms with Crippen LogP contribution in [0.15, 0.2) is 28.8 Å². The lowest BCUT2D eigenvalue weighted by Gasteiger charge is -1.99. The van der Waals surface area contributed by atoms with Gasteiger partial charge in [-0.25, -0.2) is 0 Å². The Hall–Kier alpha value is -0.700. The molecule has 0 aliphatic rings. The van der Waals surface area contributed by atoms with Crippen molar-refractivity contribution in [2.45, 2.75) is 0 Å². The topological polar surface area (TPSA) is 26.0 Å². The van der Waals surface area contributed by atoms with E-state index in [9.17, 15) is 0 Å². The summed E-state index contributed by atoms with van der Waals surface area (Å²) in [5, 5.41) is 5.06. The fourth-order valence-corrected chi connectivity index (χ4v) is 1.72. The molecule has 72 valence electrons. The Balaban J connectivity index is 2.52. The average molecular weight is 248 g/mol. The predicted octanol–water partition coefficient (Wildman–Crippen LogP) is 4.30. The Kier molecular flexibility index (Phi) is 2.68. The molecule has 0 unspecified atom stereocenters. The van der Waals surface area contributed by atoms with Gasteiger partial charge in [-0.15, -0.1) is 0 Å². The van der Waals surface area contributed by atoms with Crippen molar-refractivity contribution in [1.82, 2.24) is 5.16 Å². The third-order valence-corrected chi connectivity index (χ3v) is 2.41. The minimum Gasteiger partial charge on any atom is -0.344 e. The molecule has 0 bridgehead atoms. The molecule has 0 aliphatic carbocycles. The normalized spacial score (nSPS) is 10.5. The van der Waals surface area contributed by atoms with E-state index in [4.69, 9.17) is 39.3 Å². The maximum absolute atomic E-state index is 5.96. The molecule has 0 spiro atoms. The summed E-state index contributed by atoms with van der Waals surface area (Å²) in [5.41, 5.74) is 1.34. The second-order valence-electron chi connectivity index (χ2n) is 2.64. The number of rotatable bonds is 1. The molecule has 2 aromatic rings. The predicted molar refractivity (Wildman–Crippen MR) is 57.0 cm³/mol. The van der Waals surface area contributed by atoms with Gasteiger partial charge in [0.05, 0.1) is 5.02 Å². The van der Waals surface area contributed by atoms with Gasteiger partial charge in [-0.1, -0.05) is 28.4 Å². The summed E-state index contributed by atoms with van der Waals surface area (Å²) in [7, 11) is 0. The van der Waals surface area contributed by atoms with Gasteiger partial charge in [0.15, 0.2) is 0 Å². The quantitative estimate of drug-likeness (QED) is 0.752. The van der Waals surface area contributed by atoms with Crippen LogP contribution < -0.4 is 0 Å². The van der Waals surface area contributed by atoms with Gasteiger partial charge < -0.3 is 4.52 Å². The molecule has 2 nitrogen and oxygen atoms in total. The molecule has 2 rings (SSSR count). The first-order valence-corrected chi connectivity index (χ1v) is 4.88. The molecule has 0 saturated heterocycles. The van der Waals surface area contributed by atoms with Crippen molar-refractivity contribution in [3.05, 3.63) is 39.5 Å². The highest BCUT2D eigenvalue weighted by molar-refractivity contribution is 6.36. The molecule has 1 heterocycles. The number of benzene rings is 1. The van der Waals surface area contributed by atoms with Gasteiger partial charge >= 0.3 is 0 Å². The Morgan fingerprint density at radius 3 is 2.43 bits per heavy atom. The van der Waals surface area contributed by atoms with Crippen LogP contribution in [-0.2, 0) is 0 Å². The highest BCUT2D eigenvalue weighted by Gasteiger charge is 2.08. The first kappa shape index (κ1) is 9.84. The summed E-state index contributed by atoms with van der Waals surface area (Å²) < 4.78 is 4.73. The summed E-state index contributed by atoms with van der Waals surface area (Å²) in [4.78, 5) is 0. The number of hydrogen-bond donors (Lipinski definition) is 0. The lowest BCUT2D eigenvalue weighted by atomic mass is 10.1. The van der Waals surface area contributed by atoms with E-state index in [0.717, 1.165) is 5.56 Å². The molecular formula is C9H4Cl3NO. The van der Waals surface area contributed by atoms with Crippen molar-refractivity contribution in [2.24, 2.45) is 0 Å². The molecule has 1 aromatic heterocycles. The third-order valence-electron chi connectivity index (χ3n) is 1.69. The molecule has 1 aromatic carbocycles. The van der Waals surface area contributed by atoms with Gasteiger partial charge in [0.1, 0.15) is 5.69 Å². The van der Waals surface area contributed by atoms with Crippen LogP contribution in [0.5, 0.6) is 0 Å². The van der Waals surface area contributed by atoms with E-state index >= 15 is 0 Å². The van der Waals surface area contributed by atoms with Crippen molar-refractivity contribution >= 4 is 34.8 Å². The van der Waals surface area contributed by atoms with E-state index in [-0.39, 0.29) is 5.22 Å². The van der Waals surface area contributed by atoms with E-state index in [1.807, 2.05) is 0 Å². The Labute approximate surface area is 95.4 Å². The van der Waals surface area contributed by atoms with E-state index in [1.54, 1.807) is 24.3 Å². The monoisotopic (exact) mass is 247 g/mol. The SMILES string of the molecule is Clc1ccc(-c2cc(Cl)on2)c(Cl)c1. The molecule has 0 amide bonds. The summed E-state index contributed by atoms with van der Waals surface area (Å²) in [6, 6.07) is 6.72. The van der Waals surface area contributed by atoms with Gasteiger partial charge in [0.2, 0.25) is 5.22 Å². The third kappa shape index (κ3) is 1.87. The van der Waals surface area contributed by atoms with Gasteiger partial charge in [0.25, 0.3) is 0 Å². The smallest absolute Gasteiger partial charge is 0.226 e. The Morgan fingerprint density at radius 2 is 1.86 bits per heavy atom. The fourth-order valence-electron chi connectivity index (χ4n) is 1.08. The maximum atomic E-state index is 5.96. The van der Waals surface area contributed by atoms with Gasteiger partial charge in [-0.3, -0.25) is 0 Å². The van der Waals surface area contributed by atoms with Crippen LogP contribution in [0.2, 0.25) is 15.3 Å².